The van der Waals surface area contributed by atoms with Crippen LogP contribution in [0.5, 0.6) is 0 Å². The lowest BCUT2D eigenvalue weighted by atomic mass is 9.93. The molecule has 1 heterocycles. The second-order valence-corrected chi connectivity index (χ2v) is 7.96. The number of carbonyl (C=O) groups excluding carboxylic acids is 2. The van der Waals surface area contributed by atoms with E-state index in [1.165, 1.54) is 0 Å². The minimum atomic E-state index is -1.35. The molecule has 0 bridgehead atoms. The molecule has 1 aromatic rings. The Balaban J connectivity index is 2.29. The minimum Gasteiger partial charge on any atom is -0.378 e. The monoisotopic (exact) mass is 348 g/mol. The number of nitrogens with two attached hydrogens (primary N) is 2. The lowest BCUT2D eigenvalue weighted by Gasteiger charge is -2.47. The van der Waals surface area contributed by atoms with E-state index in [0.29, 0.717) is 19.4 Å². The quantitative estimate of drug-likeness (QED) is 0.681. The summed E-state index contributed by atoms with van der Waals surface area (Å²) in [6, 6.07) is 8.15. The van der Waals surface area contributed by atoms with Gasteiger partial charge in [-0.1, -0.05) is 30.3 Å². The van der Waals surface area contributed by atoms with Gasteiger partial charge < -0.3 is 16.6 Å². The number of hydrogen-bond acceptors (Lipinski definition) is 4. The zero-order valence-electron chi connectivity index (χ0n) is 15.3. The Labute approximate surface area is 149 Å². The lowest BCUT2D eigenvalue weighted by molar-refractivity contribution is -0.904. The van der Waals surface area contributed by atoms with Gasteiger partial charge in [0, 0.05) is 18.9 Å². The first-order valence-electron chi connectivity index (χ1n) is 8.80. The summed E-state index contributed by atoms with van der Waals surface area (Å²) in [5.41, 5.74) is 12.1. The molecule has 1 aliphatic rings. The molecule has 25 heavy (non-hydrogen) atoms. The number of aliphatic hydroxyl groups excluding tert-OH is 1. The Kier molecular flexibility index (Phi) is 5.66. The van der Waals surface area contributed by atoms with E-state index < -0.39 is 35.5 Å². The molecule has 0 spiro atoms. The zero-order valence-corrected chi connectivity index (χ0v) is 15.3. The average molecular weight is 348 g/mol. The summed E-state index contributed by atoms with van der Waals surface area (Å²) in [4.78, 5) is 25.3. The first-order chi connectivity index (χ1) is 11.6. The molecule has 1 unspecified atom stereocenters. The van der Waals surface area contributed by atoms with E-state index in [-0.39, 0.29) is 4.48 Å². The summed E-state index contributed by atoms with van der Waals surface area (Å²) in [5, 5.41) is 10.7. The Morgan fingerprint density at radius 2 is 1.88 bits per heavy atom. The summed E-state index contributed by atoms with van der Waals surface area (Å²) in [6.07, 6.45) is 0.314. The van der Waals surface area contributed by atoms with Crippen LogP contribution in [0.1, 0.15) is 39.2 Å². The van der Waals surface area contributed by atoms with Gasteiger partial charge in [-0.2, -0.15) is 0 Å². The van der Waals surface area contributed by atoms with Crippen molar-refractivity contribution in [3.8, 4) is 0 Å². The van der Waals surface area contributed by atoms with Crippen LogP contribution in [0.15, 0.2) is 30.3 Å². The van der Waals surface area contributed by atoms with Crippen LogP contribution in [0, 0.1) is 0 Å². The smallest absolute Gasteiger partial charge is 0.345 e. The molecule has 0 aliphatic carbocycles. The predicted octanol–water partition coefficient (Wildman–Crippen LogP) is 0.707. The van der Waals surface area contributed by atoms with Crippen molar-refractivity contribution in [1.29, 1.82) is 0 Å². The number of likely N-dealkylation sites (tertiary alicyclic amines) is 1. The molecule has 1 aromatic carbocycles. The van der Waals surface area contributed by atoms with Crippen LogP contribution in [-0.4, -0.2) is 51.7 Å². The van der Waals surface area contributed by atoms with Crippen molar-refractivity contribution in [3.05, 3.63) is 35.9 Å². The van der Waals surface area contributed by atoms with Gasteiger partial charge in [0.1, 0.15) is 0 Å². The van der Waals surface area contributed by atoms with Gasteiger partial charge in [0.2, 0.25) is 0 Å². The van der Waals surface area contributed by atoms with Gasteiger partial charge in [0.25, 0.3) is 5.91 Å². The fourth-order valence-electron chi connectivity index (χ4n) is 4.08. The molecular formula is C19H30N3O3+. The van der Waals surface area contributed by atoms with E-state index in [4.69, 9.17) is 11.5 Å². The van der Waals surface area contributed by atoms with Crippen molar-refractivity contribution in [3.63, 3.8) is 0 Å². The Morgan fingerprint density at radius 3 is 2.40 bits per heavy atom. The predicted molar refractivity (Wildman–Crippen MR) is 96.2 cm³/mol. The molecule has 1 fully saturated rings. The van der Waals surface area contributed by atoms with Crippen LogP contribution in [0.4, 0.5) is 0 Å². The number of carbonyl (C=O) groups is 2. The highest BCUT2D eigenvalue weighted by Crippen LogP contribution is 2.38. The SMILES string of the molecule is CC(C)(C)[N+]1(C(=O)[C@@H](O)[C@@H](N)Cc2ccccc2)CCC[C@H]1C(N)=O. The number of hydrogen-bond donors (Lipinski definition) is 3. The second-order valence-electron chi connectivity index (χ2n) is 7.96. The molecule has 5 N–H and O–H groups in total. The van der Waals surface area contributed by atoms with Gasteiger partial charge in [-0.3, -0.25) is 4.79 Å². The molecule has 6 nitrogen and oxygen atoms in total. The normalized spacial score (nSPS) is 26.2. The second kappa shape index (κ2) is 7.23. The fraction of sp³-hybridized carbons (Fsp3) is 0.579. The fourth-order valence-corrected chi connectivity index (χ4v) is 4.08. The van der Waals surface area contributed by atoms with Crippen molar-refractivity contribution in [1.82, 2.24) is 0 Å². The maximum atomic E-state index is 13.3. The molecule has 0 radical (unpaired) electrons. The Hall–Kier alpha value is -1.76. The Morgan fingerprint density at radius 1 is 1.28 bits per heavy atom. The minimum absolute atomic E-state index is 0.133. The molecule has 1 saturated heterocycles. The highest BCUT2D eigenvalue weighted by Gasteiger charge is 2.59. The summed E-state index contributed by atoms with van der Waals surface area (Å²) in [6.45, 7) is 6.20. The largest absolute Gasteiger partial charge is 0.378 e. The van der Waals surface area contributed by atoms with Crippen LogP contribution in [0.25, 0.3) is 0 Å². The number of amides is 2. The van der Waals surface area contributed by atoms with Crippen LogP contribution in [0.3, 0.4) is 0 Å². The molecule has 1 aliphatic heterocycles. The average Bonchev–Trinajstić information content (AvgIpc) is 3.00. The van der Waals surface area contributed by atoms with Gasteiger partial charge in [0.15, 0.2) is 12.1 Å². The number of primary amides is 1. The Bertz CT molecular complexity index is 627. The first-order valence-corrected chi connectivity index (χ1v) is 8.80. The molecule has 2 amide bonds. The van der Waals surface area contributed by atoms with Crippen molar-refractivity contribution in [2.75, 3.05) is 6.54 Å². The van der Waals surface area contributed by atoms with Crippen LogP contribution < -0.4 is 11.5 Å². The van der Waals surface area contributed by atoms with Crippen molar-refractivity contribution < 1.29 is 19.2 Å². The third-order valence-corrected chi connectivity index (χ3v) is 5.41. The zero-order chi connectivity index (χ0) is 18.8. The summed E-state index contributed by atoms with van der Waals surface area (Å²) in [5.74, 6) is -0.901. The number of nitrogens with zero attached hydrogens (tertiary/aromatic N) is 1. The molecule has 2 rings (SSSR count). The topological polar surface area (TPSA) is 106 Å². The van der Waals surface area contributed by atoms with Crippen LogP contribution in [-0.2, 0) is 16.0 Å². The third-order valence-electron chi connectivity index (χ3n) is 5.41. The van der Waals surface area contributed by atoms with Gasteiger partial charge in [-0.25, -0.2) is 9.28 Å². The molecule has 0 aromatic heterocycles. The molecule has 138 valence electrons. The highest BCUT2D eigenvalue weighted by atomic mass is 16.3. The first kappa shape index (κ1) is 19.6. The molecular weight excluding hydrogens is 318 g/mol. The standard InChI is InChI=1S/C19H29N3O3/c1-19(2,3)22(11-7-10-15(22)17(21)24)18(25)16(23)14(20)12-13-8-5-4-6-9-13/h4-6,8-9,14-16,23H,7,10-12,20H2,1-3H3,(H-,21,24)/p+1/t14-,15-,16-,22?/m0/s1. The van der Waals surface area contributed by atoms with E-state index in [0.717, 1.165) is 12.0 Å². The summed E-state index contributed by atoms with van der Waals surface area (Å²) >= 11 is 0. The number of quaternary nitrogens is 1. The third kappa shape index (κ3) is 3.61. The van der Waals surface area contributed by atoms with Gasteiger partial charge >= 0.3 is 5.91 Å². The summed E-state index contributed by atoms with van der Waals surface area (Å²) in [7, 11) is 0. The van der Waals surface area contributed by atoms with Crippen molar-refractivity contribution >= 4 is 11.8 Å². The van der Waals surface area contributed by atoms with Crippen LogP contribution >= 0.6 is 0 Å². The maximum Gasteiger partial charge on any atom is 0.345 e. The van der Waals surface area contributed by atoms with Crippen LogP contribution in [0.2, 0.25) is 0 Å². The van der Waals surface area contributed by atoms with E-state index in [9.17, 15) is 14.7 Å². The van der Waals surface area contributed by atoms with Crippen molar-refractivity contribution in [2.45, 2.75) is 63.8 Å². The molecule has 0 saturated carbocycles. The number of aliphatic hydroxyl groups is 1. The lowest BCUT2D eigenvalue weighted by Crippen LogP contribution is -2.72. The van der Waals surface area contributed by atoms with Gasteiger partial charge in [0.05, 0.1) is 12.1 Å². The highest BCUT2D eigenvalue weighted by molar-refractivity contribution is 5.84. The van der Waals surface area contributed by atoms with Gasteiger partial charge in [-0.05, 0) is 32.8 Å². The van der Waals surface area contributed by atoms with E-state index in [2.05, 4.69) is 0 Å². The van der Waals surface area contributed by atoms with E-state index in [1.807, 2.05) is 51.1 Å². The number of benzene rings is 1. The number of rotatable bonds is 5. The molecule has 6 heteroatoms. The maximum absolute atomic E-state index is 13.3. The summed E-state index contributed by atoms with van der Waals surface area (Å²) < 4.78 is -0.133. The van der Waals surface area contributed by atoms with E-state index in [1.54, 1.807) is 0 Å². The van der Waals surface area contributed by atoms with Crippen molar-refractivity contribution in [2.24, 2.45) is 11.5 Å². The van der Waals surface area contributed by atoms with E-state index >= 15 is 0 Å². The molecule has 4 atom stereocenters. The van der Waals surface area contributed by atoms with Gasteiger partial charge in [-0.15, -0.1) is 0 Å².